The Bertz CT molecular complexity index is 762. The second-order valence-electron chi connectivity index (χ2n) is 7.93. The van der Waals surface area contributed by atoms with Crippen molar-refractivity contribution in [2.24, 2.45) is 0 Å². The number of amides is 1. The zero-order chi connectivity index (χ0) is 18.6. The first-order valence-corrected chi connectivity index (χ1v) is 10.3. The first kappa shape index (κ1) is 18.2. The van der Waals surface area contributed by atoms with Crippen LogP contribution in [0.15, 0.2) is 36.5 Å². The van der Waals surface area contributed by atoms with E-state index in [1.807, 2.05) is 12.3 Å². The average molecular weight is 367 g/mol. The van der Waals surface area contributed by atoms with Crippen LogP contribution < -0.4 is 0 Å². The van der Waals surface area contributed by atoms with E-state index < -0.39 is 0 Å². The van der Waals surface area contributed by atoms with E-state index in [0.717, 1.165) is 44.0 Å². The molecule has 1 unspecified atom stereocenters. The zero-order valence-electron chi connectivity index (χ0n) is 16.3. The highest BCUT2D eigenvalue weighted by Crippen LogP contribution is 2.29. The van der Waals surface area contributed by atoms with Crippen molar-refractivity contribution in [1.82, 2.24) is 19.4 Å². The highest BCUT2D eigenvalue weighted by atomic mass is 16.2. The van der Waals surface area contributed by atoms with Gasteiger partial charge in [-0.05, 0) is 39.3 Å². The van der Waals surface area contributed by atoms with Crippen molar-refractivity contribution in [3.8, 4) is 11.4 Å². The Balaban J connectivity index is 1.44. The van der Waals surface area contributed by atoms with Crippen molar-refractivity contribution in [3.63, 3.8) is 0 Å². The molecule has 1 aromatic carbocycles. The predicted octanol–water partition coefficient (Wildman–Crippen LogP) is 3.51. The molecule has 2 aliphatic rings. The van der Waals surface area contributed by atoms with Crippen LogP contribution in [0.3, 0.4) is 0 Å². The van der Waals surface area contributed by atoms with Crippen LogP contribution in [-0.2, 0) is 4.79 Å². The summed E-state index contributed by atoms with van der Waals surface area (Å²) in [6, 6.07) is 10.7. The monoisotopic (exact) mass is 366 g/mol. The van der Waals surface area contributed by atoms with Crippen LogP contribution in [0.2, 0.25) is 0 Å². The molecule has 0 saturated carbocycles. The topological polar surface area (TPSA) is 41.4 Å². The number of hydrogen-bond donors (Lipinski definition) is 0. The van der Waals surface area contributed by atoms with Crippen LogP contribution in [0.5, 0.6) is 0 Å². The molecule has 2 saturated heterocycles. The van der Waals surface area contributed by atoms with Gasteiger partial charge in [0.15, 0.2) is 0 Å². The number of benzene rings is 1. The summed E-state index contributed by atoms with van der Waals surface area (Å²) < 4.78 is 2.33. The summed E-state index contributed by atoms with van der Waals surface area (Å²) in [7, 11) is 0. The van der Waals surface area contributed by atoms with Gasteiger partial charge in [-0.3, -0.25) is 9.69 Å². The molecule has 5 heteroatoms. The Morgan fingerprint density at radius 1 is 1.07 bits per heavy atom. The standard InChI is InChI=1S/C22H30N4O/c1-18-15-23-22(19-9-5-4-6-10-19)26(18)20-11-14-25(16-20)21(27)17-24-12-7-2-3-8-13-24/h4-6,9-10,15,20H,2-3,7-8,11-14,16-17H2,1H3. The highest BCUT2D eigenvalue weighted by Gasteiger charge is 2.30. The molecule has 27 heavy (non-hydrogen) atoms. The summed E-state index contributed by atoms with van der Waals surface area (Å²) in [5.74, 6) is 1.30. The first-order valence-electron chi connectivity index (χ1n) is 10.3. The lowest BCUT2D eigenvalue weighted by Crippen LogP contribution is -2.39. The van der Waals surface area contributed by atoms with Gasteiger partial charge in [0.1, 0.15) is 5.82 Å². The Morgan fingerprint density at radius 3 is 2.56 bits per heavy atom. The molecule has 0 radical (unpaired) electrons. The van der Waals surface area contributed by atoms with Crippen molar-refractivity contribution in [3.05, 3.63) is 42.2 Å². The molecule has 2 aromatic rings. The number of imidazole rings is 1. The summed E-state index contributed by atoms with van der Waals surface area (Å²) in [6.45, 7) is 6.48. The minimum absolute atomic E-state index is 0.290. The molecule has 5 nitrogen and oxygen atoms in total. The molecule has 4 rings (SSSR count). The fraction of sp³-hybridized carbons (Fsp3) is 0.545. The number of aryl methyl sites for hydroxylation is 1. The van der Waals surface area contributed by atoms with Crippen molar-refractivity contribution in [2.75, 3.05) is 32.7 Å². The third kappa shape index (κ3) is 4.08. The molecule has 1 atom stereocenters. The lowest BCUT2D eigenvalue weighted by Gasteiger charge is -2.24. The number of rotatable bonds is 4. The van der Waals surface area contributed by atoms with Gasteiger partial charge in [-0.15, -0.1) is 0 Å². The molecule has 144 valence electrons. The Labute approximate surface area is 162 Å². The maximum Gasteiger partial charge on any atom is 0.236 e. The minimum Gasteiger partial charge on any atom is -0.339 e. The van der Waals surface area contributed by atoms with Gasteiger partial charge < -0.3 is 9.47 Å². The second-order valence-corrected chi connectivity index (χ2v) is 7.93. The Morgan fingerprint density at radius 2 is 1.81 bits per heavy atom. The summed E-state index contributed by atoms with van der Waals surface area (Å²) in [5.41, 5.74) is 2.31. The summed E-state index contributed by atoms with van der Waals surface area (Å²) in [6.07, 6.45) is 8.01. The van der Waals surface area contributed by atoms with Crippen LogP contribution in [0, 0.1) is 6.92 Å². The smallest absolute Gasteiger partial charge is 0.236 e. The predicted molar refractivity (Wildman–Crippen MR) is 108 cm³/mol. The lowest BCUT2D eigenvalue weighted by molar-refractivity contribution is -0.131. The van der Waals surface area contributed by atoms with E-state index in [0.29, 0.717) is 18.5 Å². The minimum atomic E-state index is 0.290. The van der Waals surface area contributed by atoms with E-state index in [4.69, 9.17) is 0 Å². The van der Waals surface area contributed by atoms with Gasteiger partial charge in [0.05, 0.1) is 12.6 Å². The SMILES string of the molecule is Cc1cnc(-c2ccccc2)n1C1CCN(C(=O)CN2CCCCCC2)C1. The van der Waals surface area contributed by atoms with Crippen molar-refractivity contribution < 1.29 is 4.79 Å². The number of nitrogens with zero attached hydrogens (tertiary/aromatic N) is 4. The van der Waals surface area contributed by atoms with E-state index >= 15 is 0 Å². The highest BCUT2D eigenvalue weighted by molar-refractivity contribution is 5.78. The van der Waals surface area contributed by atoms with Gasteiger partial charge in [0.25, 0.3) is 0 Å². The molecule has 2 aliphatic heterocycles. The van der Waals surface area contributed by atoms with E-state index in [2.05, 4.69) is 50.5 Å². The fourth-order valence-electron chi connectivity index (χ4n) is 4.47. The summed E-state index contributed by atoms with van der Waals surface area (Å²) in [5, 5.41) is 0. The molecule has 3 heterocycles. The molecular formula is C22H30N4O. The average Bonchev–Trinajstić information content (AvgIpc) is 3.23. The van der Waals surface area contributed by atoms with Crippen molar-refractivity contribution in [1.29, 1.82) is 0 Å². The van der Waals surface area contributed by atoms with Crippen LogP contribution in [0.25, 0.3) is 11.4 Å². The second kappa shape index (κ2) is 8.26. The third-order valence-corrected chi connectivity index (χ3v) is 5.95. The largest absolute Gasteiger partial charge is 0.339 e. The van der Waals surface area contributed by atoms with Crippen LogP contribution >= 0.6 is 0 Å². The normalized spacial score (nSPS) is 21.4. The number of aromatic nitrogens is 2. The summed E-state index contributed by atoms with van der Waals surface area (Å²) >= 11 is 0. The van der Waals surface area contributed by atoms with Gasteiger partial charge in [0.2, 0.25) is 5.91 Å². The van der Waals surface area contributed by atoms with E-state index in [9.17, 15) is 4.79 Å². The zero-order valence-corrected chi connectivity index (χ0v) is 16.3. The molecule has 0 spiro atoms. The van der Waals surface area contributed by atoms with Crippen LogP contribution in [-0.4, -0.2) is 58.0 Å². The summed E-state index contributed by atoms with van der Waals surface area (Å²) in [4.78, 5) is 21.9. The van der Waals surface area contributed by atoms with Gasteiger partial charge in [-0.2, -0.15) is 0 Å². The van der Waals surface area contributed by atoms with Gasteiger partial charge in [-0.1, -0.05) is 43.2 Å². The lowest BCUT2D eigenvalue weighted by atomic mass is 10.2. The van der Waals surface area contributed by atoms with E-state index in [1.54, 1.807) is 0 Å². The third-order valence-electron chi connectivity index (χ3n) is 5.95. The first-order chi connectivity index (χ1) is 13.2. The van der Waals surface area contributed by atoms with Crippen molar-refractivity contribution >= 4 is 5.91 Å². The van der Waals surface area contributed by atoms with Gasteiger partial charge in [0, 0.05) is 30.5 Å². The molecule has 0 bridgehead atoms. The molecule has 1 aromatic heterocycles. The van der Waals surface area contributed by atoms with Crippen molar-refractivity contribution in [2.45, 2.75) is 45.1 Å². The van der Waals surface area contributed by atoms with Gasteiger partial charge in [-0.25, -0.2) is 4.98 Å². The molecule has 1 amide bonds. The van der Waals surface area contributed by atoms with Crippen LogP contribution in [0.1, 0.15) is 43.8 Å². The number of hydrogen-bond acceptors (Lipinski definition) is 3. The Hall–Kier alpha value is -2.14. The molecule has 0 N–H and O–H groups in total. The maximum absolute atomic E-state index is 12.8. The molecular weight excluding hydrogens is 336 g/mol. The number of carbonyl (C=O) groups excluding carboxylic acids is 1. The molecule has 2 fully saturated rings. The van der Waals surface area contributed by atoms with Gasteiger partial charge >= 0.3 is 0 Å². The van der Waals surface area contributed by atoms with Crippen LogP contribution in [0.4, 0.5) is 0 Å². The number of likely N-dealkylation sites (tertiary alicyclic amines) is 2. The quantitative estimate of drug-likeness (QED) is 0.831. The fourth-order valence-corrected chi connectivity index (χ4v) is 4.47. The number of carbonyl (C=O) groups is 1. The Kier molecular flexibility index (Phi) is 5.58. The molecule has 0 aliphatic carbocycles. The maximum atomic E-state index is 12.8. The van der Waals surface area contributed by atoms with E-state index in [-0.39, 0.29) is 0 Å². The van der Waals surface area contributed by atoms with E-state index in [1.165, 1.54) is 31.4 Å².